The van der Waals surface area contributed by atoms with Crippen molar-refractivity contribution in [2.75, 3.05) is 26.7 Å². The van der Waals surface area contributed by atoms with Crippen LogP contribution in [0.3, 0.4) is 0 Å². The van der Waals surface area contributed by atoms with E-state index in [4.69, 9.17) is 0 Å². The fourth-order valence-corrected chi connectivity index (χ4v) is 5.31. The van der Waals surface area contributed by atoms with Crippen LogP contribution in [0.15, 0.2) is 54.6 Å². The molecule has 4 amide bonds. The molecular formula is C29H38FN5O3. The molecule has 2 atom stereocenters. The molecule has 204 valence electrons. The van der Waals surface area contributed by atoms with Gasteiger partial charge in [-0.15, -0.1) is 0 Å². The molecule has 2 aliphatic rings. The standard InChI is InChI=1S/C29H38FN5O3/c1-3-4-5-6-10-17-33-20-26-34(25(28(33)37)18-22-11-8-7-9-12-22)27(36)21-32(2)35(26)29(38)31-19-23-13-15-24(30)16-14-23/h7-9,11-16,25-26H,3-6,10,17-21H2,1-2H3,(H,31,38)/t25-,26-/m0/s1. The van der Waals surface area contributed by atoms with Gasteiger partial charge in [0, 0.05) is 26.6 Å². The highest BCUT2D eigenvalue weighted by molar-refractivity contribution is 5.91. The quantitative estimate of drug-likeness (QED) is 0.481. The van der Waals surface area contributed by atoms with Crippen molar-refractivity contribution in [2.45, 2.75) is 64.2 Å². The molecule has 0 unspecified atom stereocenters. The van der Waals surface area contributed by atoms with Gasteiger partial charge in [0.05, 0.1) is 13.1 Å². The molecule has 0 bridgehead atoms. The van der Waals surface area contributed by atoms with E-state index >= 15 is 0 Å². The number of nitrogens with zero attached hydrogens (tertiary/aromatic N) is 4. The number of piperazine rings is 1. The number of carbonyl (C=O) groups excluding carboxylic acids is 3. The summed E-state index contributed by atoms with van der Waals surface area (Å²) in [5, 5.41) is 6.08. The van der Waals surface area contributed by atoms with E-state index in [9.17, 15) is 18.8 Å². The number of nitrogens with one attached hydrogen (secondary N) is 1. The summed E-state index contributed by atoms with van der Waals surface area (Å²) in [5.74, 6) is -0.571. The van der Waals surface area contributed by atoms with Crippen LogP contribution in [-0.2, 0) is 22.6 Å². The Hall–Kier alpha value is -3.46. The average molecular weight is 524 g/mol. The number of benzene rings is 2. The first-order valence-corrected chi connectivity index (χ1v) is 13.6. The lowest BCUT2D eigenvalue weighted by Gasteiger charge is -2.54. The fraction of sp³-hybridized carbons (Fsp3) is 0.483. The SMILES string of the molecule is CCCCCCCN1C[C@H]2N(C(=O)CN(C)N2C(=O)NCc2ccc(F)cc2)[C@@H](Cc2ccccc2)C1=O. The molecule has 2 aliphatic heterocycles. The number of amides is 4. The van der Waals surface area contributed by atoms with E-state index in [1.165, 1.54) is 18.6 Å². The van der Waals surface area contributed by atoms with Crippen molar-refractivity contribution in [2.24, 2.45) is 0 Å². The number of carbonyl (C=O) groups is 3. The normalized spacial score (nSPS) is 20.0. The van der Waals surface area contributed by atoms with E-state index in [2.05, 4.69) is 12.2 Å². The maximum absolute atomic E-state index is 13.7. The largest absolute Gasteiger partial charge is 0.337 e. The van der Waals surface area contributed by atoms with E-state index < -0.39 is 12.2 Å². The molecule has 1 N–H and O–H groups in total. The van der Waals surface area contributed by atoms with Crippen LogP contribution >= 0.6 is 0 Å². The minimum Gasteiger partial charge on any atom is -0.337 e. The van der Waals surface area contributed by atoms with E-state index in [0.29, 0.717) is 13.0 Å². The molecule has 0 saturated carbocycles. The number of rotatable bonds is 10. The smallest absolute Gasteiger partial charge is 0.334 e. The van der Waals surface area contributed by atoms with E-state index in [-0.39, 0.29) is 43.3 Å². The van der Waals surface area contributed by atoms with Gasteiger partial charge in [0.1, 0.15) is 18.0 Å². The number of urea groups is 1. The van der Waals surface area contributed by atoms with Crippen LogP contribution in [0.1, 0.15) is 50.2 Å². The van der Waals surface area contributed by atoms with Gasteiger partial charge in [0.25, 0.3) is 0 Å². The molecule has 4 rings (SSSR count). The van der Waals surface area contributed by atoms with Crippen LogP contribution < -0.4 is 5.32 Å². The van der Waals surface area contributed by atoms with Gasteiger partial charge < -0.3 is 15.1 Å². The third kappa shape index (κ3) is 6.51. The molecule has 0 radical (unpaired) electrons. The fourth-order valence-electron chi connectivity index (χ4n) is 5.31. The Morgan fingerprint density at radius 3 is 2.39 bits per heavy atom. The highest BCUT2D eigenvalue weighted by Gasteiger charge is 2.50. The maximum Gasteiger partial charge on any atom is 0.334 e. The van der Waals surface area contributed by atoms with Crippen LogP contribution in [-0.4, -0.2) is 76.6 Å². The third-order valence-corrected chi connectivity index (χ3v) is 7.31. The lowest BCUT2D eigenvalue weighted by Crippen LogP contribution is -2.76. The van der Waals surface area contributed by atoms with Gasteiger partial charge in [0.2, 0.25) is 11.8 Å². The number of hydrazine groups is 1. The predicted octanol–water partition coefficient (Wildman–Crippen LogP) is 3.78. The summed E-state index contributed by atoms with van der Waals surface area (Å²) in [7, 11) is 1.71. The topological polar surface area (TPSA) is 76.2 Å². The Bertz CT molecular complexity index is 1100. The molecular weight excluding hydrogens is 485 g/mol. The Kier molecular flexibility index (Phi) is 9.33. The molecule has 0 spiro atoms. The molecule has 0 aromatic heterocycles. The Morgan fingerprint density at radius 2 is 1.68 bits per heavy atom. The molecule has 2 aromatic rings. The molecule has 0 aliphatic carbocycles. The van der Waals surface area contributed by atoms with E-state index in [1.54, 1.807) is 34.1 Å². The van der Waals surface area contributed by atoms with Gasteiger partial charge in [0.15, 0.2) is 0 Å². The van der Waals surface area contributed by atoms with Gasteiger partial charge in [-0.1, -0.05) is 75.1 Å². The number of likely N-dealkylation sites (N-methyl/N-ethyl adjacent to an activating group) is 1. The van der Waals surface area contributed by atoms with Crippen molar-refractivity contribution in [3.8, 4) is 0 Å². The second-order valence-corrected chi connectivity index (χ2v) is 10.1. The lowest BCUT2D eigenvalue weighted by molar-refractivity contribution is -0.186. The zero-order chi connectivity index (χ0) is 27.1. The Morgan fingerprint density at radius 1 is 0.974 bits per heavy atom. The summed E-state index contributed by atoms with van der Waals surface area (Å²) in [6.07, 6.45) is 5.14. The number of hydrogen-bond donors (Lipinski definition) is 1. The molecule has 8 nitrogen and oxygen atoms in total. The molecule has 2 aromatic carbocycles. The number of halogens is 1. The molecule has 2 heterocycles. The van der Waals surface area contributed by atoms with E-state index in [0.717, 1.165) is 36.8 Å². The molecule has 2 fully saturated rings. The van der Waals surface area contributed by atoms with Crippen molar-refractivity contribution in [1.29, 1.82) is 0 Å². The molecule has 2 saturated heterocycles. The van der Waals surface area contributed by atoms with Crippen LogP contribution in [0.4, 0.5) is 9.18 Å². The van der Waals surface area contributed by atoms with Crippen molar-refractivity contribution < 1.29 is 18.8 Å². The van der Waals surface area contributed by atoms with Gasteiger partial charge in [-0.25, -0.2) is 19.2 Å². The zero-order valence-electron chi connectivity index (χ0n) is 22.3. The van der Waals surface area contributed by atoms with Gasteiger partial charge >= 0.3 is 6.03 Å². The van der Waals surface area contributed by atoms with Crippen molar-refractivity contribution >= 4 is 17.8 Å². The number of hydrogen-bond acceptors (Lipinski definition) is 4. The first kappa shape index (κ1) is 27.6. The minimum atomic E-state index is -0.680. The summed E-state index contributed by atoms with van der Waals surface area (Å²) in [5.41, 5.74) is 1.73. The summed E-state index contributed by atoms with van der Waals surface area (Å²) in [6.45, 7) is 3.25. The van der Waals surface area contributed by atoms with Crippen molar-refractivity contribution in [1.82, 2.24) is 25.1 Å². The second kappa shape index (κ2) is 12.9. The minimum absolute atomic E-state index is 0.00391. The third-order valence-electron chi connectivity index (χ3n) is 7.31. The van der Waals surface area contributed by atoms with Crippen molar-refractivity contribution in [3.05, 3.63) is 71.5 Å². The Labute approximate surface area is 224 Å². The summed E-state index contributed by atoms with van der Waals surface area (Å²) >= 11 is 0. The summed E-state index contributed by atoms with van der Waals surface area (Å²) in [4.78, 5) is 43.9. The molecule has 9 heteroatoms. The van der Waals surface area contributed by atoms with Crippen molar-refractivity contribution in [3.63, 3.8) is 0 Å². The summed E-state index contributed by atoms with van der Waals surface area (Å²) in [6, 6.07) is 14.6. The first-order valence-electron chi connectivity index (χ1n) is 13.6. The zero-order valence-corrected chi connectivity index (χ0v) is 22.3. The Balaban J connectivity index is 1.55. The monoisotopic (exact) mass is 523 g/mol. The number of fused-ring (bicyclic) bond motifs is 1. The predicted molar refractivity (Wildman–Crippen MR) is 143 cm³/mol. The second-order valence-electron chi connectivity index (χ2n) is 10.1. The lowest BCUT2D eigenvalue weighted by atomic mass is 9.98. The van der Waals surface area contributed by atoms with Crippen LogP contribution in [0, 0.1) is 5.82 Å². The molecule has 38 heavy (non-hydrogen) atoms. The van der Waals surface area contributed by atoms with Crippen LogP contribution in [0.2, 0.25) is 0 Å². The van der Waals surface area contributed by atoms with Gasteiger partial charge in [-0.3, -0.25) is 9.59 Å². The van der Waals surface area contributed by atoms with Crippen LogP contribution in [0.5, 0.6) is 0 Å². The van der Waals surface area contributed by atoms with Crippen LogP contribution in [0.25, 0.3) is 0 Å². The average Bonchev–Trinajstić information content (AvgIpc) is 2.90. The number of unbranched alkanes of at least 4 members (excludes halogenated alkanes) is 4. The highest BCUT2D eigenvalue weighted by atomic mass is 19.1. The maximum atomic E-state index is 13.7. The first-order chi connectivity index (χ1) is 18.4. The summed E-state index contributed by atoms with van der Waals surface area (Å²) < 4.78 is 13.3. The van der Waals surface area contributed by atoms with Gasteiger partial charge in [-0.05, 0) is 29.7 Å². The van der Waals surface area contributed by atoms with E-state index in [1.807, 2.05) is 35.2 Å². The van der Waals surface area contributed by atoms with Gasteiger partial charge in [-0.2, -0.15) is 0 Å². The highest BCUT2D eigenvalue weighted by Crippen LogP contribution is 2.28.